The molecule has 4 nitrogen and oxygen atoms in total. The third-order valence-electron chi connectivity index (χ3n) is 3.99. The zero-order chi connectivity index (χ0) is 13.2. The molecule has 0 bridgehead atoms. The molecule has 0 aliphatic heterocycles. The molecule has 0 spiro atoms. The van der Waals surface area contributed by atoms with Crippen LogP contribution in [0.3, 0.4) is 0 Å². The molecule has 0 unspecified atom stereocenters. The number of nitrogens with two attached hydrogens (primary N) is 1. The van der Waals surface area contributed by atoms with Crippen molar-refractivity contribution in [2.24, 2.45) is 0 Å². The molecule has 4 heteroatoms. The summed E-state index contributed by atoms with van der Waals surface area (Å²) in [6.45, 7) is 7.38. The van der Waals surface area contributed by atoms with E-state index in [0.29, 0.717) is 0 Å². The van der Waals surface area contributed by atoms with Crippen molar-refractivity contribution in [2.75, 3.05) is 11.1 Å². The number of nitrogen functional groups attached to an aromatic ring is 1. The topological polar surface area (TPSA) is 55.9 Å². The van der Waals surface area contributed by atoms with E-state index in [0.717, 1.165) is 30.2 Å². The molecular formula is C14H26N4. The molecule has 1 heterocycles. The molecule has 0 radical (unpaired) electrons. The number of anilines is 2. The summed E-state index contributed by atoms with van der Waals surface area (Å²) in [4.78, 5) is 0. The van der Waals surface area contributed by atoms with Crippen LogP contribution in [-0.4, -0.2) is 15.3 Å². The number of nitrogens with one attached hydrogen (secondary N) is 1. The van der Waals surface area contributed by atoms with Crippen molar-refractivity contribution < 1.29 is 0 Å². The quantitative estimate of drug-likeness (QED) is 0.862. The van der Waals surface area contributed by atoms with Gasteiger partial charge in [0.05, 0.1) is 11.4 Å². The lowest BCUT2D eigenvalue weighted by molar-refractivity contribution is 0.346. The van der Waals surface area contributed by atoms with Gasteiger partial charge in [-0.25, -0.2) is 4.68 Å². The molecule has 3 N–H and O–H groups in total. The fraction of sp³-hybridized carbons (Fsp3) is 0.786. The summed E-state index contributed by atoms with van der Waals surface area (Å²) in [7, 11) is 0. The van der Waals surface area contributed by atoms with Gasteiger partial charge in [-0.1, -0.05) is 26.2 Å². The van der Waals surface area contributed by atoms with E-state index in [9.17, 15) is 0 Å². The molecule has 1 aliphatic rings. The van der Waals surface area contributed by atoms with Crippen molar-refractivity contribution in [1.29, 1.82) is 0 Å². The standard InChI is InChI=1S/C14H26N4/c1-4-10-18-13(12(15)11(2)17-18)16-14(3)8-6-5-7-9-14/h16H,4-10,15H2,1-3H3. The van der Waals surface area contributed by atoms with E-state index in [1.165, 1.54) is 32.1 Å². The molecule has 1 fully saturated rings. The van der Waals surface area contributed by atoms with Gasteiger partial charge in [0.15, 0.2) is 0 Å². The first kappa shape index (κ1) is 13.2. The van der Waals surface area contributed by atoms with Crippen molar-refractivity contribution in [3.05, 3.63) is 5.69 Å². The summed E-state index contributed by atoms with van der Waals surface area (Å²) < 4.78 is 2.03. The summed E-state index contributed by atoms with van der Waals surface area (Å²) in [6, 6.07) is 0. The molecule has 102 valence electrons. The van der Waals surface area contributed by atoms with Gasteiger partial charge >= 0.3 is 0 Å². The predicted molar refractivity (Wildman–Crippen MR) is 76.8 cm³/mol. The summed E-state index contributed by atoms with van der Waals surface area (Å²) in [5.41, 5.74) is 8.10. The highest BCUT2D eigenvalue weighted by Crippen LogP contribution is 2.34. The molecule has 1 aromatic rings. The van der Waals surface area contributed by atoms with E-state index in [1.54, 1.807) is 0 Å². The second kappa shape index (κ2) is 5.21. The van der Waals surface area contributed by atoms with Crippen LogP contribution in [0.1, 0.15) is 58.1 Å². The Hall–Kier alpha value is -1.19. The van der Waals surface area contributed by atoms with E-state index >= 15 is 0 Å². The first-order valence-electron chi connectivity index (χ1n) is 7.17. The predicted octanol–water partition coefficient (Wildman–Crippen LogP) is 3.32. The number of aryl methyl sites for hydroxylation is 2. The molecule has 0 saturated heterocycles. The van der Waals surface area contributed by atoms with E-state index in [4.69, 9.17) is 5.73 Å². The van der Waals surface area contributed by atoms with Crippen LogP contribution in [0.4, 0.5) is 11.5 Å². The zero-order valence-corrected chi connectivity index (χ0v) is 11.9. The van der Waals surface area contributed by atoms with Gasteiger partial charge in [-0.3, -0.25) is 0 Å². The van der Waals surface area contributed by atoms with E-state index in [-0.39, 0.29) is 5.54 Å². The average molecular weight is 250 g/mol. The lowest BCUT2D eigenvalue weighted by Gasteiger charge is -2.35. The fourth-order valence-corrected chi connectivity index (χ4v) is 2.84. The molecule has 1 aliphatic carbocycles. The molecule has 1 aromatic heterocycles. The minimum Gasteiger partial charge on any atom is -0.394 e. The zero-order valence-electron chi connectivity index (χ0n) is 11.9. The Morgan fingerprint density at radius 2 is 2.00 bits per heavy atom. The molecule has 0 atom stereocenters. The van der Waals surface area contributed by atoms with Gasteiger partial charge in [-0.05, 0) is 33.1 Å². The van der Waals surface area contributed by atoms with Crippen LogP contribution in [0.2, 0.25) is 0 Å². The molecule has 0 amide bonds. The van der Waals surface area contributed by atoms with E-state index in [1.807, 2.05) is 11.6 Å². The summed E-state index contributed by atoms with van der Waals surface area (Å²) in [5.74, 6) is 1.03. The van der Waals surface area contributed by atoms with Crippen LogP contribution in [0.5, 0.6) is 0 Å². The highest BCUT2D eigenvalue weighted by Gasteiger charge is 2.28. The van der Waals surface area contributed by atoms with Gasteiger partial charge in [-0.15, -0.1) is 0 Å². The number of hydrogen-bond donors (Lipinski definition) is 2. The molecule has 18 heavy (non-hydrogen) atoms. The highest BCUT2D eigenvalue weighted by molar-refractivity contribution is 5.65. The third-order valence-corrected chi connectivity index (χ3v) is 3.99. The SMILES string of the molecule is CCCn1nc(C)c(N)c1NC1(C)CCCCC1. The van der Waals surface area contributed by atoms with Gasteiger partial charge in [0.2, 0.25) is 0 Å². The first-order chi connectivity index (χ1) is 8.56. The maximum absolute atomic E-state index is 6.16. The first-order valence-corrected chi connectivity index (χ1v) is 7.17. The van der Waals surface area contributed by atoms with Crippen molar-refractivity contribution in [3.63, 3.8) is 0 Å². The number of hydrogen-bond acceptors (Lipinski definition) is 3. The lowest BCUT2D eigenvalue weighted by Crippen LogP contribution is -2.37. The van der Waals surface area contributed by atoms with Crippen LogP contribution >= 0.6 is 0 Å². The van der Waals surface area contributed by atoms with Gasteiger partial charge in [0.1, 0.15) is 5.82 Å². The van der Waals surface area contributed by atoms with Gasteiger partial charge in [0, 0.05) is 12.1 Å². The monoisotopic (exact) mass is 250 g/mol. The van der Waals surface area contributed by atoms with Gasteiger partial charge in [0.25, 0.3) is 0 Å². The summed E-state index contributed by atoms with van der Waals surface area (Å²) >= 11 is 0. The Morgan fingerprint density at radius 3 is 2.61 bits per heavy atom. The van der Waals surface area contributed by atoms with Crippen molar-refractivity contribution in [1.82, 2.24) is 9.78 Å². The van der Waals surface area contributed by atoms with Crippen molar-refractivity contribution in [3.8, 4) is 0 Å². The normalized spacial score (nSPS) is 18.8. The average Bonchev–Trinajstić information content (AvgIpc) is 2.58. The Balaban J connectivity index is 2.21. The Morgan fingerprint density at radius 1 is 1.33 bits per heavy atom. The largest absolute Gasteiger partial charge is 0.394 e. The maximum atomic E-state index is 6.16. The minimum absolute atomic E-state index is 0.185. The van der Waals surface area contributed by atoms with Crippen LogP contribution in [-0.2, 0) is 6.54 Å². The number of nitrogens with zero attached hydrogens (tertiary/aromatic N) is 2. The summed E-state index contributed by atoms with van der Waals surface area (Å²) in [5, 5.41) is 8.20. The Bertz CT molecular complexity index is 402. The Kier molecular flexibility index (Phi) is 3.83. The highest BCUT2D eigenvalue weighted by atomic mass is 15.3. The second-order valence-corrected chi connectivity index (χ2v) is 5.82. The van der Waals surface area contributed by atoms with Crippen molar-refractivity contribution >= 4 is 11.5 Å². The molecule has 2 rings (SSSR count). The minimum atomic E-state index is 0.185. The number of aromatic nitrogens is 2. The number of rotatable bonds is 4. The maximum Gasteiger partial charge on any atom is 0.148 e. The molecular weight excluding hydrogens is 224 g/mol. The van der Waals surface area contributed by atoms with Gasteiger partial charge < -0.3 is 11.1 Å². The molecule has 1 saturated carbocycles. The van der Waals surface area contributed by atoms with E-state index < -0.39 is 0 Å². The van der Waals surface area contributed by atoms with Crippen LogP contribution in [0.15, 0.2) is 0 Å². The molecule has 0 aromatic carbocycles. The van der Waals surface area contributed by atoms with Crippen LogP contribution in [0.25, 0.3) is 0 Å². The van der Waals surface area contributed by atoms with Gasteiger partial charge in [-0.2, -0.15) is 5.10 Å². The second-order valence-electron chi connectivity index (χ2n) is 5.82. The smallest absolute Gasteiger partial charge is 0.148 e. The fourth-order valence-electron chi connectivity index (χ4n) is 2.84. The van der Waals surface area contributed by atoms with E-state index in [2.05, 4.69) is 24.3 Å². The lowest BCUT2D eigenvalue weighted by atomic mass is 9.83. The van der Waals surface area contributed by atoms with Crippen LogP contribution in [0, 0.1) is 6.92 Å². The third kappa shape index (κ3) is 2.62. The summed E-state index contributed by atoms with van der Waals surface area (Å²) in [6.07, 6.45) is 7.51. The Labute approximate surface area is 110 Å². The van der Waals surface area contributed by atoms with Crippen LogP contribution < -0.4 is 11.1 Å². The van der Waals surface area contributed by atoms with Crippen molar-refractivity contribution in [2.45, 2.75) is 71.4 Å².